The number of nitrogen functional groups attached to an aromatic ring is 1. The van der Waals surface area contributed by atoms with Crippen molar-refractivity contribution in [2.45, 2.75) is 0 Å². The molecular weight excluding hydrogens is 274 g/mol. The van der Waals surface area contributed by atoms with Crippen LogP contribution in [0.3, 0.4) is 0 Å². The summed E-state index contributed by atoms with van der Waals surface area (Å²) >= 11 is 4.72. The van der Waals surface area contributed by atoms with Crippen LogP contribution in [0.4, 0.5) is 5.69 Å². The van der Waals surface area contributed by atoms with Gasteiger partial charge >= 0.3 is 0 Å². The lowest BCUT2D eigenvalue weighted by Gasteiger charge is -2.04. The second-order valence-electron chi connectivity index (χ2n) is 3.01. The normalized spacial score (nSPS) is 10.2. The molecule has 0 amide bonds. The minimum Gasteiger partial charge on any atom is -0.397 e. The van der Waals surface area contributed by atoms with E-state index in [-0.39, 0.29) is 5.78 Å². The predicted molar refractivity (Wildman–Crippen MR) is 66.3 cm³/mol. The Balaban J connectivity index is 2.47. The van der Waals surface area contributed by atoms with Crippen LogP contribution in [0.25, 0.3) is 0 Å². The van der Waals surface area contributed by atoms with Crippen LogP contribution in [0.5, 0.6) is 0 Å². The number of para-hydroxylation sites is 1. The number of benzene rings is 1. The number of carbonyl (C=O) groups excluding carboxylic acids is 1. The highest BCUT2D eigenvalue weighted by molar-refractivity contribution is 9.10. The number of hydrogen-bond donors (Lipinski definition) is 1. The number of ketones is 1. The zero-order valence-electron chi connectivity index (χ0n) is 7.74. The van der Waals surface area contributed by atoms with Gasteiger partial charge in [0.1, 0.15) is 0 Å². The van der Waals surface area contributed by atoms with E-state index >= 15 is 0 Å². The number of anilines is 1. The Labute approximate surface area is 99.9 Å². The monoisotopic (exact) mass is 281 g/mol. The van der Waals surface area contributed by atoms with Gasteiger partial charge in [0.15, 0.2) is 0 Å². The molecule has 0 fully saturated rings. The maximum atomic E-state index is 12.0. The number of halogens is 1. The summed E-state index contributed by atoms with van der Waals surface area (Å²) in [5, 5.41) is 1.88. The molecule has 15 heavy (non-hydrogen) atoms. The molecule has 0 atom stereocenters. The van der Waals surface area contributed by atoms with Crippen molar-refractivity contribution in [1.29, 1.82) is 0 Å². The van der Waals surface area contributed by atoms with Crippen molar-refractivity contribution in [3.05, 3.63) is 50.6 Å². The fraction of sp³-hybridized carbons (Fsp3) is 0. The van der Waals surface area contributed by atoms with Gasteiger partial charge in [-0.3, -0.25) is 4.79 Å². The standard InChI is InChI=1S/C11H8BrNOS/c12-8-4-1-3-7(10(8)13)11(14)9-5-2-6-15-9/h1-6H,13H2. The van der Waals surface area contributed by atoms with E-state index in [4.69, 9.17) is 5.73 Å². The van der Waals surface area contributed by atoms with E-state index < -0.39 is 0 Å². The lowest BCUT2D eigenvalue weighted by atomic mass is 10.1. The molecule has 2 rings (SSSR count). The molecule has 1 aromatic carbocycles. The lowest BCUT2D eigenvalue weighted by molar-refractivity contribution is 0.104. The minimum atomic E-state index is -0.0243. The van der Waals surface area contributed by atoms with Crippen molar-refractivity contribution in [3.8, 4) is 0 Å². The van der Waals surface area contributed by atoms with E-state index in [1.165, 1.54) is 11.3 Å². The van der Waals surface area contributed by atoms with Crippen LogP contribution in [-0.4, -0.2) is 5.78 Å². The minimum absolute atomic E-state index is 0.0243. The van der Waals surface area contributed by atoms with E-state index in [9.17, 15) is 4.79 Å². The molecule has 0 saturated carbocycles. The zero-order valence-corrected chi connectivity index (χ0v) is 10.1. The zero-order chi connectivity index (χ0) is 10.8. The summed E-state index contributed by atoms with van der Waals surface area (Å²) in [6.45, 7) is 0. The SMILES string of the molecule is Nc1c(Br)cccc1C(=O)c1cccs1. The molecule has 0 saturated heterocycles. The van der Waals surface area contributed by atoms with E-state index in [1.54, 1.807) is 18.2 Å². The maximum absolute atomic E-state index is 12.0. The third-order valence-corrected chi connectivity index (χ3v) is 3.60. The summed E-state index contributed by atoms with van der Waals surface area (Å²) in [6.07, 6.45) is 0. The Kier molecular flexibility index (Phi) is 2.88. The highest BCUT2D eigenvalue weighted by Crippen LogP contribution is 2.26. The van der Waals surface area contributed by atoms with Crippen molar-refractivity contribution >= 4 is 38.7 Å². The Morgan fingerprint density at radius 3 is 2.73 bits per heavy atom. The van der Waals surface area contributed by atoms with Gasteiger partial charge in [0.05, 0.1) is 10.6 Å². The first-order valence-corrected chi connectivity index (χ1v) is 5.99. The van der Waals surface area contributed by atoms with Crippen molar-refractivity contribution in [3.63, 3.8) is 0 Å². The van der Waals surface area contributed by atoms with Crippen LogP contribution < -0.4 is 5.73 Å². The van der Waals surface area contributed by atoms with Gasteiger partial charge in [-0.05, 0) is 39.5 Å². The van der Waals surface area contributed by atoms with Crippen LogP contribution in [0, 0.1) is 0 Å². The summed E-state index contributed by atoms with van der Waals surface area (Å²) < 4.78 is 0.755. The Morgan fingerprint density at radius 1 is 1.27 bits per heavy atom. The van der Waals surface area contributed by atoms with Crippen LogP contribution in [0.15, 0.2) is 40.2 Å². The topological polar surface area (TPSA) is 43.1 Å². The average molecular weight is 282 g/mol. The molecule has 0 aliphatic rings. The molecule has 1 heterocycles. The molecule has 0 aliphatic heterocycles. The predicted octanol–water partition coefficient (Wildman–Crippen LogP) is 3.32. The lowest BCUT2D eigenvalue weighted by Crippen LogP contribution is -2.03. The first kappa shape index (κ1) is 10.4. The second-order valence-corrected chi connectivity index (χ2v) is 4.81. The molecule has 2 N–H and O–H groups in total. The summed E-state index contributed by atoms with van der Waals surface area (Å²) in [4.78, 5) is 12.7. The quantitative estimate of drug-likeness (QED) is 0.678. The van der Waals surface area contributed by atoms with Gasteiger partial charge in [-0.15, -0.1) is 11.3 Å². The number of rotatable bonds is 2. The molecule has 76 valence electrons. The fourth-order valence-corrected chi connectivity index (χ4v) is 2.32. The summed E-state index contributed by atoms with van der Waals surface area (Å²) in [6, 6.07) is 9.02. The number of nitrogens with two attached hydrogens (primary N) is 1. The van der Waals surface area contributed by atoms with Gasteiger partial charge < -0.3 is 5.73 Å². The summed E-state index contributed by atoms with van der Waals surface area (Å²) in [7, 11) is 0. The number of hydrogen-bond acceptors (Lipinski definition) is 3. The largest absolute Gasteiger partial charge is 0.397 e. The summed E-state index contributed by atoms with van der Waals surface area (Å²) in [5.74, 6) is -0.0243. The average Bonchev–Trinajstić information content (AvgIpc) is 2.74. The molecule has 2 aromatic rings. The van der Waals surface area contributed by atoms with Gasteiger partial charge in [-0.25, -0.2) is 0 Å². The van der Waals surface area contributed by atoms with Gasteiger partial charge in [0.2, 0.25) is 5.78 Å². The Hall–Kier alpha value is -1.13. The molecule has 4 heteroatoms. The second kappa shape index (κ2) is 4.16. The Morgan fingerprint density at radius 2 is 2.07 bits per heavy atom. The molecule has 0 unspecified atom stereocenters. The van der Waals surface area contributed by atoms with Crippen LogP contribution in [-0.2, 0) is 0 Å². The van der Waals surface area contributed by atoms with Gasteiger partial charge in [0.25, 0.3) is 0 Å². The molecular formula is C11H8BrNOS. The number of carbonyl (C=O) groups is 1. The van der Waals surface area contributed by atoms with Crippen molar-refractivity contribution in [1.82, 2.24) is 0 Å². The van der Waals surface area contributed by atoms with Crippen molar-refractivity contribution in [2.24, 2.45) is 0 Å². The van der Waals surface area contributed by atoms with E-state index in [0.29, 0.717) is 16.1 Å². The fourth-order valence-electron chi connectivity index (χ4n) is 1.28. The first-order chi connectivity index (χ1) is 7.20. The highest BCUT2D eigenvalue weighted by atomic mass is 79.9. The molecule has 0 spiro atoms. The third-order valence-electron chi connectivity index (χ3n) is 2.04. The molecule has 1 aromatic heterocycles. The third kappa shape index (κ3) is 1.96. The van der Waals surface area contributed by atoms with Crippen LogP contribution >= 0.6 is 27.3 Å². The van der Waals surface area contributed by atoms with Crippen LogP contribution in [0.1, 0.15) is 15.2 Å². The van der Waals surface area contributed by atoms with Gasteiger partial charge in [-0.2, -0.15) is 0 Å². The van der Waals surface area contributed by atoms with Gasteiger partial charge in [0, 0.05) is 10.0 Å². The number of thiophene rings is 1. The van der Waals surface area contributed by atoms with Crippen LogP contribution in [0.2, 0.25) is 0 Å². The maximum Gasteiger partial charge on any atom is 0.205 e. The van der Waals surface area contributed by atoms with Gasteiger partial charge in [-0.1, -0.05) is 12.1 Å². The van der Waals surface area contributed by atoms with E-state index in [2.05, 4.69) is 15.9 Å². The molecule has 2 nitrogen and oxygen atoms in total. The molecule has 0 radical (unpaired) electrons. The smallest absolute Gasteiger partial charge is 0.205 e. The molecule has 0 aliphatic carbocycles. The molecule has 0 bridgehead atoms. The Bertz CT molecular complexity index is 493. The van der Waals surface area contributed by atoms with Crippen molar-refractivity contribution in [2.75, 3.05) is 5.73 Å². The van der Waals surface area contributed by atoms with E-state index in [0.717, 1.165) is 4.47 Å². The van der Waals surface area contributed by atoms with E-state index in [1.807, 2.05) is 17.5 Å². The summed E-state index contributed by atoms with van der Waals surface area (Å²) in [5.41, 5.74) is 6.87. The highest BCUT2D eigenvalue weighted by Gasteiger charge is 2.14. The first-order valence-electron chi connectivity index (χ1n) is 4.32. The van der Waals surface area contributed by atoms with Crippen molar-refractivity contribution < 1.29 is 4.79 Å².